The van der Waals surface area contributed by atoms with E-state index in [1.807, 2.05) is 146 Å². The Kier molecular flexibility index (Phi) is 21.6. The molecule has 12 rings (SSSR count). The van der Waals surface area contributed by atoms with E-state index in [1.165, 1.54) is 0 Å². The second-order valence-electron chi connectivity index (χ2n) is 21.4. The summed E-state index contributed by atoms with van der Waals surface area (Å²) in [6, 6.07) is 45.8. The summed E-state index contributed by atoms with van der Waals surface area (Å²) in [5, 5.41) is 46.4. The molecule has 0 spiro atoms. The number of benzene rings is 8. The second kappa shape index (κ2) is 29.4. The van der Waals surface area contributed by atoms with Crippen LogP contribution in [0.25, 0.3) is 0 Å². The van der Waals surface area contributed by atoms with Crippen molar-refractivity contribution in [3.8, 4) is 46.0 Å². The zero-order chi connectivity index (χ0) is 59.3. The number of fused-ring (bicyclic) bond motifs is 8. The van der Waals surface area contributed by atoms with Crippen LogP contribution in [0.2, 0.25) is 0 Å². The first kappa shape index (κ1) is 62.6. The Balaban J connectivity index is 0.000000147. The quantitative estimate of drug-likeness (QED) is 0.0831. The second-order valence-corrected chi connectivity index (χ2v) is 21.4. The normalized spacial score (nSPS) is 12.1. The fourth-order valence-corrected chi connectivity index (χ4v) is 11.3. The molecule has 0 bridgehead atoms. The van der Waals surface area contributed by atoms with Gasteiger partial charge in [-0.3, -0.25) is 0 Å². The maximum atomic E-state index is 11.6. The van der Waals surface area contributed by atoms with E-state index in [4.69, 9.17) is 18.9 Å². The summed E-state index contributed by atoms with van der Waals surface area (Å²) < 4.78 is 23.3. The SMILES string of the molecule is CCCCc1ccc2c(c1C(=O)[O-])Cc1ccccc1O2.CCCCc1ccc2c(c1C(=O)[O-])Cc1ccccc1O2.CCCCc1ccc2c(c1C(=O)[O-])Cc1ccccc1O2.CCCCc1ccc2c(c1C(=O)[O-])Cc1ccccc1O2.[Mo+4]. The number of carboxylic acid groups (broad SMARTS) is 4. The third kappa shape index (κ3) is 14.5. The fourth-order valence-electron chi connectivity index (χ4n) is 11.3. The molecular formula is C72H68MoO12. The Hall–Kier alpha value is -8.47. The van der Waals surface area contributed by atoms with E-state index in [0.717, 1.165) is 167 Å². The minimum atomic E-state index is -1.11. The molecule has 0 saturated carbocycles. The molecule has 0 aliphatic carbocycles. The molecule has 0 radical (unpaired) electrons. The average Bonchev–Trinajstić information content (AvgIpc) is 3.41. The summed E-state index contributed by atoms with van der Waals surface area (Å²) in [7, 11) is 0. The van der Waals surface area contributed by atoms with Crippen LogP contribution >= 0.6 is 0 Å². The van der Waals surface area contributed by atoms with Crippen molar-refractivity contribution in [1.29, 1.82) is 0 Å². The van der Waals surface area contributed by atoms with Gasteiger partial charge in [0.25, 0.3) is 0 Å². The number of unbranched alkanes of at least 4 members (excludes halogenated alkanes) is 4. The van der Waals surface area contributed by atoms with Gasteiger partial charge < -0.3 is 58.6 Å². The van der Waals surface area contributed by atoms with Gasteiger partial charge in [0, 0.05) is 70.2 Å². The largest absolute Gasteiger partial charge is 4.00 e. The summed E-state index contributed by atoms with van der Waals surface area (Å²) in [4.78, 5) is 46.4. The monoisotopic (exact) mass is 1220 g/mol. The molecule has 0 aromatic heterocycles. The maximum absolute atomic E-state index is 11.6. The molecule has 0 fully saturated rings. The van der Waals surface area contributed by atoms with Gasteiger partial charge in [0.2, 0.25) is 0 Å². The number of carbonyl (C=O) groups excluding carboxylic acids is 4. The van der Waals surface area contributed by atoms with E-state index in [-0.39, 0.29) is 21.1 Å². The third-order valence-electron chi connectivity index (χ3n) is 15.7. The van der Waals surface area contributed by atoms with Crippen LogP contribution in [0.5, 0.6) is 46.0 Å². The van der Waals surface area contributed by atoms with Crippen molar-refractivity contribution in [2.45, 2.75) is 130 Å². The molecule has 4 aliphatic rings. The number of hydrogen-bond acceptors (Lipinski definition) is 12. The van der Waals surface area contributed by atoms with E-state index in [2.05, 4.69) is 27.7 Å². The van der Waals surface area contributed by atoms with E-state index in [1.54, 1.807) is 0 Å². The molecule has 434 valence electrons. The Morgan fingerprint density at radius 2 is 0.506 bits per heavy atom. The first-order valence-corrected chi connectivity index (χ1v) is 29.3. The van der Waals surface area contributed by atoms with Crippen LogP contribution in [0.4, 0.5) is 0 Å². The number of rotatable bonds is 16. The van der Waals surface area contributed by atoms with Gasteiger partial charge in [-0.1, -0.05) is 150 Å². The van der Waals surface area contributed by atoms with Crippen molar-refractivity contribution in [3.63, 3.8) is 0 Å². The Morgan fingerprint density at radius 1 is 0.306 bits per heavy atom. The van der Waals surface area contributed by atoms with Gasteiger partial charge in [-0.2, -0.15) is 0 Å². The minimum Gasteiger partial charge on any atom is -0.545 e. The van der Waals surface area contributed by atoms with E-state index in [9.17, 15) is 39.6 Å². The number of aryl methyl sites for hydroxylation is 4. The molecule has 4 heterocycles. The summed E-state index contributed by atoms with van der Waals surface area (Å²) in [6.07, 6.45) is 13.3. The third-order valence-corrected chi connectivity index (χ3v) is 15.7. The van der Waals surface area contributed by atoms with Gasteiger partial charge in [0.1, 0.15) is 46.0 Å². The van der Waals surface area contributed by atoms with Gasteiger partial charge in [0.15, 0.2) is 0 Å². The van der Waals surface area contributed by atoms with Gasteiger partial charge in [0.05, 0.1) is 23.9 Å². The predicted molar refractivity (Wildman–Crippen MR) is 315 cm³/mol. The Bertz CT molecular complexity index is 3250. The van der Waals surface area contributed by atoms with Crippen LogP contribution in [0, 0.1) is 0 Å². The zero-order valence-corrected chi connectivity index (χ0v) is 50.5. The first-order chi connectivity index (χ1) is 40.8. The number of aromatic carboxylic acids is 4. The zero-order valence-electron chi connectivity index (χ0n) is 48.5. The molecular weight excluding hydrogens is 1150 g/mol. The number of para-hydroxylation sites is 4. The Labute approximate surface area is 511 Å². The average molecular weight is 1220 g/mol. The molecule has 0 saturated heterocycles. The van der Waals surface area contributed by atoms with E-state index >= 15 is 0 Å². The van der Waals surface area contributed by atoms with Crippen LogP contribution in [0.3, 0.4) is 0 Å². The summed E-state index contributed by atoms with van der Waals surface area (Å²) in [5.74, 6) is 1.30. The van der Waals surface area contributed by atoms with Crippen molar-refractivity contribution in [3.05, 3.63) is 235 Å². The number of hydrogen-bond donors (Lipinski definition) is 0. The van der Waals surface area contributed by atoms with Crippen molar-refractivity contribution in [1.82, 2.24) is 0 Å². The maximum Gasteiger partial charge on any atom is 4.00 e. The number of ether oxygens (including phenoxy) is 4. The van der Waals surface area contributed by atoms with Crippen LogP contribution in [-0.4, -0.2) is 23.9 Å². The smallest absolute Gasteiger partial charge is 0.545 e. The van der Waals surface area contributed by atoms with Crippen LogP contribution in [0.1, 0.15) is 187 Å². The molecule has 12 nitrogen and oxygen atoms in total. The van der Waals surface area contributed by atoms with E-state index in [0.29, 0.717) is 70.9 Å². The molecule has 8 aromatic rings. The summed E-state index contributed by atoms with van der Waals surface area (Å²) in [5.41, 5.74) is 11.7. The Morgan fingerprint density at radius 3 is 0.694 bits per heavy atom. The molecule has 13 heteroatoms. The van der Waals surface area contributed by atoms with Gasteiger partial charge >= 0.3 is 21.1 Å². The molecule has 0 unspecified atom stereocenters. The van der Waals surface area contributed by atoms with Crippen LogP contribution < -0.4 is 39.4 Å². The van der Waals surface area contributed by atoms with E-state index < -0.39 is 23.9 Å². The topological polar surface area (TPSA) is 197 Å². The van der Waals surface area contributed by atoms with Crippen molar-refractivity contribution in [2.75, 3.05) is 0 Å². The molecule has 0 amide bonds. The van der Waals surface area contributed by atoms with Gasteiger partial charge in [-0.05, 0) is 144 Å². The summed E-state index contributed by atoms with van der Waals surface area (Å²) in [6.45, 7) is 8.37. The van der Waals surface area contributed by atoms with Crippen LogP contribution in [0.15, 0.2) is 146 Å². The summed E-state index contributed by atoms with van der Waals surface area (Å²) >= 11 is 0. The van der Waals surface area contributed by atoms with Gasteiger partial charge in [-0.25, -0.2) is 0 Å². The van der Waals surface area contributed by atoms with Gasteiger partial charge in [-0.15, -0.1) is 0 Å². The standard InChI is InChI=1S/4C18H18O3.Mo/c4*1-2-3-6-12-9-10-16-14(17(12)18(19)20)11-13-7-4-5-8-15(13)21-16;/h4*4-5,7-10H,2-3,6,11H2,1H3,(H,19,20);/q;;;;+4/p-4. The molecule has 8 aromatic carbocycles. The first-order valence-electron chi connectivity index (χ1n) is 29.3. The molecule has 0 atom stereocenters. The van der Waals surface area contributed by atoms with Crippen molar-refractivity contribution < 1.29 is 79.6 Å². The molecule has 0 N–H and O–H groups in total. The predicted octanol–water partition coefficient (Wildman–Crippen LogP) is 12.4. The van der Waals surface area contributed by atoms with Crippen molar-refractivity contribution in [2.24, 2.45) is 0 Å². The van der Waals surface area contributed by atoms with Crippen molar-refractivity contribution >= 4 is 23.9 Å². The fraction of sp³-hybridized carbons (Fsp3) is 0.278. The molecule has 4 aliphatic heterocycles. The molecule has 85 heavy (non-hydrogen) atoms. The number of carbonyl (C=O) groups is 4. The minimum absolute atomic E-state index is 0. The number of carboxylic acids is 4. The van der Waals surface area contributed by atoms with Crippen LogP contribution in [-0.2, 0) is 72.4 Å².